The van der Waals surface area contributed by atoms with E-state index in [0.717, 1.165) is 0 Å². The van der Waals surface area contributed by atoms with Crippen molar-refractivity contribution in [3.8, 4) is 0 Å². The molecule has 0 bridgehead atoms. The fourth-order valence-corrected chi connectivity index (χ4v) is 0.838. The minimum Gasteiger partial charge on any atom is -0.477 e. The van der Waals surface area contributed by atoms with E-state index < -0.39 is 35.3 Å². The molecule has 0 unspecified atom stereocenters. The SMILES string of the molecule is Nc1nc(C(=O)O)cc(C(F)F)c1F. The maximum atomic E-state index is 12.8. The van der Waals surface area contributed by atoms with Crippen LogP contribution in [-0.2, 0) is 0 Å². The number of pyridine rings is 1. The molecule has 0 aromatic carbocycles. The Hall–Kier alpha value is -1.79. The largest absolute Gasteiger partial charge is 0.477 e. The van der Waals surface area contributed by atoms with Crippen molar-refractivity contribution in [2.24, 2.45) is 0 Å². The number of nitrogens with two attached hydrogens (primary N) is 1. The third kappa shape index (κ3) is 1.76. The van der Waals surface area contributed by atoms with Crippen LogP contribution >= 0.6 is 0 Å². The van der Waals surface area contributed by atoms with Gasteiger partial charge in [0.25, 0.3) is 6.43 Å². The van der Waals surface area contributed by atoms with Crippen molar-refractivity contribution < 1.29 is 23.1 Å². The van der Waals surface area contributed by atoms with Crippen molar-refractivity contribution in [1.82, 2.24) is 4.98 Å². The molecule has 0 aliphatic rings. The number of alkyl halides is 2. The van der Waals surface area contributed by atoms with E-state index in [9.17, 15) is 18.0 Å². The van der Waals surface area contributed by atoms with Gasteiger partial charge in [0.2, 0.25) is 0 Å². The zero-order valence-electron chi connectivity index (χ0n) is 6.67. The average Bonchev–Trinajstić information content (AvgIpc) is 2.08. The minimum atomic E-state index is -3.13. The normalized spacial score (nSPS) is 10.6. The number of hydrogen-bond donors (Lipinski definition) is 2. The van der Waals surface area contributed by atoms with Crippen molar-refractivity contribution in [3.05, 3.63) is 23.1 Å². The Labute approximate surface area is 76.2 Å². The van der Waals surface area contributed by atoms with Crippen LogP contribution < -0.4 is 5.73 Å². The molecule has 1 heterocycles. The van der Waals surface area contributed by atoms with E-state index in [1.54, 1.807) is 0 Å². The van der Waals surface area contributed by atoms with Crippen molar-refractivity contribution in [2.45, 2.75) is 6.43 Å². The number of nitrogen functional groups attached to an aromatic ring is 1. The van der Waals surface area contributed by atoms with Gasteiger partial charge >= 0.3 is 5.97 Å². The molecule has 1 aromatic heterocycles. The van der Waals surface area contributed by atoms with E-state index in [1.807, 2.05) is 0 Å². The van der Waals surface area contributed by atoms with Crippen LogP contribution in [0.5, 0.6) is 0 Å². The molecular formula is C7H5F3N2O2. The Kier molecular flexibility index (Phi) is 2.59. The predicted molar refractivity (Wildman–Crippen MR) is 40.5 cm³/mol. The summed E-state index contributed by atoms with van der Waals surface area (Å²) in [7, 11) is 0. The van der Waals surface area contributed by atoms with E-state index >= 15 is 0 Å². The first-order valence-electron chi connectivity index (χ1n) is 3.41. The number of carboxylic acids is 1. The summed E-state index contributed by atoms with van der Waals surface area (Å²) in [4.78, 5) is 13.4. The lowest BCUT2D eigenvalue weighted by molar-refractivity contribution is 0.0690. The summed E-state index contributed by atoms with van der Waals surface area (Å²) in [5, 5.41) is 8.42. The van der Waals surface area contributed by atoms with Gasteiger partial charge in [0.15, 0.2) is 17.3 Å². The molecule has 14 heavy (non-hydrogen) atoms. The van der Waals surface area contributed by atoms with Crippen LogP contribution in [0, 0.1) is 5.82 Å². The first-order valence-corrected chi connectivity index (χ1v) is 3.41. The predicted octanol–water partition coefficient (Wildman–Crippen LogP) is 1.44. The molecule has 0 radical (unpaired) electrons. The number of hydrogen-bond acceptors (Lipinski definition) is 3. The number of halogens is 3. The van der Waals surface area contributed by atoms with Crippen LogP contribution in [0.15, 0.2) is 6.07 Å². The fraction of sp³-hybridized carbons (Fsp3) is 0.143. The van der Waals surface area contributed by atoms with Gasteiger partial charge in [-0.1, -0.05) is 0 Å². The van der Waals surface area contributed by atoms with Crippen LogP contribution in [-0.4, -0.2) is 16.1 Å². The first kappa shape index (κ1) is 10.3. The molecule has 0 spiro atoms. The molecule has 76 valence electrons. The summed E-state index contributed by atoms with van der Waals surface area (Å²) < 4.78 is 37.1. The minimum absolute atomic E-state index is 0.457. The van der Waals surface area contributed by atoms with Gasteiger partial charge in [-0.25, -0.2) is 22.9 Å². The second kappa shape index (κ2) is 3.52. The van der Waals surface area contributed by atoms with Crippen molar-refractivity contribution in [2.75, 3.05) is 5.73 Å². The number of aromatic nitrogens is 1. The third-order valence-electron chi connectivity index (χ3n) is 1.47. The molecule has 0 saturated carbocycles. The second-order valence-corrected chi connectivity index (χ2v) is 2.40. The molecule has 0 aliphatic carbocycles. The number of aromatic carboxylic acids is 1. The van der Waals surface area contributed by atoms with Crippen LogP contribution in [0.2, 0.25) is 0 Å². The first-order chi connectivity index (χ1) is 6.43. The Bertz CT molecular complexity index is 381. The lowest BCUT2D eigenvalue weighted by atomic mass is 10.2. The van der Waals surface area contributed by atoms with Gasteiger partial charge in [-0.2, -0.15) is 0 Å². The molecule has 0 amide bonds. The number of carbonyl (C=O) groups is 1. The molecule has 1 rings (SSSR count). The van der Waals surface area contributed by atoms with Gasteiger partial charge in [-0.15, -0.1) is 0 Å². The van der Waals surface area contributed by atoms with E-state index in [-0.39, 0.29) is 0 Å². The third-order valence-corrected chi connectivity index (χ3v) is 1.47. The van der Waals surface area contributed by atoms with Gasteiger partial charge < -0.3 is 10.8 Å². The average molecular weight is 206 g/mol. The standard InChI is InChI=1S/C7H5F3N2O2/c8-4-2(5(9)10)1-3(7(13)14)12-6(4)11/h1,5H,(H2,11,12)(H,13,14). The second-order valence-electron chi connectivity index (χ2n) is 2.40. The maximum Gasteiger partial charge on any atom is 0.354 e. The van der Waals surface area contributed by atoms with Crippen molar-refractivity contribution in [3.63, 3.8) is 0 Å². The summed E-state index contributed by atoms with van der Waals surface area (Å²) >= 11 is 0. The van der Waals surface area contributed by atoms with E-state index in [2.05, 4.69) is 4.98 Å². The smallest absolute Gasteiger partial charge is 0.354 e. The highest BCUT2D eigenvalue weighted by atomic mass is 19.3. The summed E-state index contributed by atoms with van der Waals surface area (Å²) in [6.45, 7) is 0. The Morgan fingerprint density at radius 3 is 2.57 bits per heavy atom. The highest BCUT2D eigenvalue weighted by molar-refractivity contribution is 5.86. The molecule has 4 nitrogen and oxygen atoms in total. The summed E-state index contributed by atoms with van der Waals surface area (Å²) in [5.41, 5.74) is 3.14. The van der Waals surface area contributed by atoms with E-state index in [1.165, 1.54) is 0 Å². The summed E-state index contributed by atoms with van der Waals surface area (Å²) in [6.07, 6.45) is -3.13. The topological polar surface area (TPSA) is 76.2 Å². The van der Waals surface area contributed by atoms with Gasteiger partial charge in [0, 0.05) is 0 Å². The van der Waals surface area contributed by atoms with Gasteiger partial charge in [0.1, 0.15) is 0 Å². The Morgan fingerprint density at radius 2 is 2.14 bits per heavy atom. The molecule has 1 aromatic rings. The van der Waals surface area contributed by atoms with Crippen molar-refractivity contribution >= 4 is 11.8 Å². The number of nitrogens with zero attached hydrogens (tertiary/aromatic N) is 1. The highest BCUT2D eigenvalue weighted by Gasteiger charge is 2.20. The molecule has 0 atom stereocenters. The van der Waals surface area contributed by atoms with Crippen LogP contribution in [0.4, 0.5) is 19.0 Å². The van der Waals surface area contributed by atoms with E-state index in [0.29, 0.717) is 6.07 Å². The summed E-state index contributed by atoms with van der Waals surface area (Å²) in [5.74, 6) is -3.77. The van der Waals surface area contributed by atoms with Gasteiger partial charge in [-0.3, -0.25) is 0 Å². The molecule has 0 saturated heterocycles. The monoisotopic (exact) mass is 206 g/mol. The zero-order valence-corrected chi connectivity index (χ0v) is 6.67. The van der Waals surface area contributed by atoms with Crippen LogP contribution in [0.3, 0.4) is 0 Å². The van der Waals surface area contributed by atoms with Crippen molar-refractivity contribution in [1.29, 1.82) is 0 Å². The van der Waals surface area contributed by atoms with E-state index in [4.69, 9.17) is 10.8 Å². The zero-order chi connectivity index (χ0) is 10.9. The van der Waals surface area contributed by atoms with Gasteiger partial charge in [0.05, 0.1) is 5.56 Å². The number of anilines is 1. The lowest BCUT2D eigenvalue weighted by Crippen LogP contribution is -2.08. The highest BCUT2D eigenvalue weighted by Crippen LogP contribution is 2.25. The maximum absolute atomic E-state index is 12.8. The number of carboxylic acid groups (broad SMARTS) is 1. The Balaban J connectivity index is 3.35. The molecule has 0 aliphatic heterocycles. The summed E-state index contributed by atoms with van der Waals surface area (Å²) in [6, 6.07) is 0.457. The molecule has 7 heteroatoms. The molecular weight excluding hydrogens is 201 g/mol. The van der Waals surface area contributed by atoms with Crippen LogP contribution in [0.25, 0.3) is 0 Å². The Morgan fingerprint density at radius 1 is 1.57 bits per heavy atom. The number of rotatable bonds is 2. The molecule has 0 fully saturated rings. The quantitative estimate of drug-likeness (QED) is 0.767. The fourth-order valence-electron chi connectivity index (χ4n) is 0.838. The lowest BCUT2D eigenvalue weighted by Gasteiger charge is -2.04. The van der Waals surface area contributed by atoms with Crippen LogP contribution in [0.1, 0.15) is 22.5 Å². The van der Waals surface area contributed by atoms with Gasteiger partial charge in [-0.05, 0) is 6.07 Å². The molecule has 3 N–H and O–H groups in total.